The van der Waals surface area contributed by atoms with Gasteiger partial charge in [0.25, 0.3) is 0 Å². The van der Waals surface area contributed by atoms with E-state index in [9.17, 15) is 13.2 Å². The number of aliphatic hydroxyl groups is 1. The van der Waals surface area contributed by atoms with Crippen molar-refractivity contribution >= 4 is 0 Å². The molecule has 1 aromatic carbocycles. The van der Waals surface area contributed by atoms with Crippen LogP contribution in [0.15, 0.2) is 24.3 Å². The lowest BCUT2D eigenvalue weighted by Crippen LogP contribution is -2.07. The molecular formula is C13H15F3O. The van der Waals surface area contributed by atoms with E-state index >= 15 is 0 Å². The molecule has 17 heavy (non-hydrogen) atoms. The third-order valence-electron chi connectivity index (χ3n) is 3.30. The smallest absolute Gasteiger partial charge is 0.396 e. The highest BCUT2D eigenvalue weighted by Gasteiger charge is 2.33. The van der Waals surface area contributed by atoms with Crippen LogP contribution in [0.4, 0.5) is 13.2 Å². The molecule has 0 aromatic heterocycles. The lowest BCUT2D eigenvalue weighted by atomic mass is 9.91. The summed E-state index contributed by atoms with van der Waals surface area (Å²) in [6, 6.07) is 5.34. The summed E-state index contributed by atoms with van der Waals surface area (Å²) in [6.45, 7) is 0.0855. The Kier molecular flexibility index (Phi) is 3.43. The summed E-state index contributed by atoms with van der Waals surface area (Å²) in [5.41, 5.74) is 0.300. The van der Waals surface area contributed by atoms with Gasteiger partial charge in [-0.15, -0.1) is 0 Å². The van der Waals surface area contributed by atoms with E-state index in [-0.39, 0.29) is 12.5 Å². The van der Waals surface area contributed by atoms with Crippen LogP contribution in [-0.4, -0.2) is 11.7 Å². The zero-order valence-corrected chi connectivity index (χ0v) is 9.37. The Morgan fingerprint density at radius 2 is 1.76 bits per heavy atom. The van der Waals surface area contributed by atoms with E-state index in [1.54, 1.807) is 12.1 Å². The van der Waals surface area contributed by atoms with Gasteiger partial charge in [-0.05, 0) is 48.8 Å². The van der Waals surface area contributed by atoms with Crippen molar-refractivity contribution in [2.75, 3.05) is 6.61 Å². The van der Waals surface area contributed by atoms with Crippen molar-refractivity contribution in [2.45, 2.75) is 31.4 Å². The fourth-order valence-electron chi connectivity index (χ4n) is 2.23. The summed E-state index contributed by atoms with van der Waals surface area (Å²) in [6.07, 6.45) is -1.40. The van der Waals surface area contributed by atoms with Crippen LogP contribution in [0.25, 0.3) is 0 Å². The van der Waals surface area contributed by atoms with Crippen molar-refractivity contribution in [3.8, 4) is 0 Å². The van der Waals surface area contributed by atoms with E-state index < -0.39 is 11.7 Å². The van der Waals surface area contributed by atoms with Crippen molar-refractivity contribution in [3.63, 3.8) is 0 Å². The third kappa shape index (κ3) is 3.00. The van der Waals surface area contributed by atoms with E-state index in [1.807, 2.05) is 0 Å². The summed E-state index contributed by atoms with van der Waals surface area (Å²) in [7, 11) is 0. The van der Waals surface area contributed by atoms with Crippen LogP contribution >= 0.6 is 0 Å². The molecule has 1 aromatic rings. The first-order valence-electron chi connectivity index (χ1n) is 5.80. The van der Waals surface area contributed by atoms with Gasteiger partial charge in [-0.1, -0.05) is 12.1 Å². The maximum atomic E-state index is 12.4. The fraction of sp³-hybridized carbons (Fsp3) is 0.538. The average Bonchev–Trinajstić information content (AvgIpc) is 3.09. The van der Waals surface area contributed by atoms with Crippen LogP contribution in [0.5, 0.6) is 0 Å². The Morgan fingerprint density at radius 3 is 2.18 bits per heavy atom. The number of hydrogen-bond donors (Lipinski definition) is 1. The molecule has 2 rings (SSSR count). The monoisotopic (exact) mass is 244 g/mol. The van der Waals surface area contributed by atoms with Crippen LogP contribution in [0, 0.1) is 5.92 Å². The van der Waals surface area contributed by atoms with Gasteiger partial charge < -0.3 is 5.11 Å². The Morgan fingerprint density at radius 1 is 1.18 bits per heavy atom. The zero-order valence-electron chi connectivity index (χ0n) is 9.37. The number of rotatable bonds is 4. The first kappa shape index (κ1) is 12.4. The Labute approximate surface area is 98.3 Å². The van der Waals surface area contributed by atoms with Gasteiger partial charge in [0.05, 0.1) is 5.56 Å². The standard InChI is InChI=1S/C13H15F3O/c14-13(15,16)11-5-3-10(4-6-11)12(7-8-17)9-1-2-9/h3-6,9,12,17H,1-2,7-8H2. The second-order valence-corrected chi connectivity index (χ2v) is 4.58. The lowest BCUT2D eigenvalue weighted by molar-refractivity contribution is -0.137. The Bertz CT molecular complexity index is 365. The van der Waals surface area contributed by atoms with Crippen molar-refractivity contribution in [3.05, 3.63) is 35.4 Å². The predicted octanol–water partition coefficient (Wildman–Crippen LogP) is 3.58. The van der Waals surface area contributed by atoms with Gasteiger partial charge in [-0.2, -0.15) is 13.2 Å². The molecule has 1 N–H and O–H groups in total. The van der Waals surface area contributed by atoms with Crippen LogP contribution in [0.2, 0.25) is 0 Å². The third-order valence-corrected chi connectivity index (χ3v) is 3.30. The minimum atomic E-state index is -4.27. The molecule has 1 fully saturated rings. The van der Waals surface area contributed by atoms with Crippen LogP contribution in [0.3, 0.4) is 0 Å². The molecule has 0 aliphatic heterocycles. The van der Waals surface area contributed by atoms with E-state index in [2.05, 4.69) is 0 Å². The highest BCUT2D eigenvalue weighted by atomic mass is 19.4. The van der Waals surface area contributed by atoms with E-state index in [1.165, 1.54) is 0 Å². The average molecular weight is 244 g/mol. The maximum Gasteiger partial charge on any atom is 0.416 e. The predicted molar refractivity (Wildman–Crippen MR) is 58.6 cm³/mol. The molecule has 1 nitrogen and oxygen atoms in total. The summed E-state index contributed by atoms with van der Waals surface area (Å²) in [5.74, 6) is 0.751. The van der Waals surface area contributed by atoms with Gasteiger partial charge in [0.2, 0.25) is 0 Å². The van der Waals surface area contributed by atoms with Gasteiger partial charge in [0.15, 0.2) is 0 Å². The van der Waals surface area contributed by atoms with Crippen LogP contribution < -0.4 is 0 Å². The van der Waals surface area contributed by atoms with Crippen molar-refractivity contribution in [2.24, 2.45) is 5.92 Å². The molecular weight excluding hydrogens is 229 g/mol. The highest BCUT2D eigenvalue weighted by Crippen LogP contribution is 2.44. The molecule has 1 atom stereocenters. The van der Waals surface area contributed by atoms with E-state index in [0.29, 0.717) is 12.3 Å². The van der Waals surface area contributed by atoms with Gasteiger partial charge in [0.1, 0.15) is 0 Å². The number of benzene rings is 1. The first-order valence-corrected chi connectivity index (χ1v) is 5.80. The lowest BCUT2D eigenvalue weighted by Gasteiger charge is -2.16. The molecule has 1 unspecified atom stereocenters. The molecule has 0 amide bonds. The highest BCUT2D eigenvalue weighted by molar-refractivity contribution is 5.28. The first-order chi connectivity index (χ1) is 8.02. The van der Waals surface area contributed by atoms with E-state index in [0.717, 1.165) is 30.5 Å². The molecule has 94 valence electrons. The summed E-state index contributed by atoms with van der Waals surface area (Å²) < 4.78 is 37.2. The second kappa shape index (κ2) is 4.69. The second-order valence-electron chi connectivity index (χ2n) is 4.58. The summed E-state index contributed by atoms with van der Waals surface area (Å²) >= 11 is 0. The molecule has 0 spiro atoms. The van der Waals surface area contributed by atoms with Crippen LogP contribution in [-0.2, 0) is 6.18 Å². The maximum absolute atomic E-state index is 12.4. The molecule has 0 saturated heterocycles. The van der Waals surface area contributed by atoms with Gasteiger partial charge >= 0.3 is 6.18 Å². The molecule has 1 aliphatic carbocycles. The van der Waals surface area contributed by atoms with Gasteiger partial charge in [0, 0.05) is 6.61 Å². The van der Waals surface area contributed by atoms with E-state index in [4.69, 9.17) is 5.11 Å². The molecule has 1 saturated carbocycles. The van der Waals surface area contributed by atoms with Gasteiger partial charge in [-0.25, -0.2) is 0 Å². The minimum Gasteiger partial charge on any atom is -0.396 e. The molecule has 4 heteroatoms. The van der Waals surface area contributed by atoms with Crippen molar-refractivity contribution in [1.29, 1.82) is 0 Å². The number of halogens is 3. The SMILES string of the molecule is OCCC(c1ccc(C(F)(F)F)cc1)C1CC1. The molecule has 1 aliphatic rings. The van der Waals surface area contributed by atoms with Gasteiger partial charge in [-0.3, -0.25) is 0 Å². The Hall–Kier alpha value is -1.03. The number of alkyl halides is 3. The summed E-state index contributed by atoms with van der Waals surface area (Å²) in [5, 5.41) is 8.98. The topological polar surface area (TPSA) is 20.2 Å². The molecule has 0 radical (unpaired) electrons. The van der Waals surface area contributed by atoms with Crippen molar-refractivity contribution < 1.29 is 18.3 Å². The largest absolute Gasteiger partial charge is 0.416 e. The number of hydrogen-bond acceptors (Lipinski definition) is 1. The molecule has 0 bridgehead atoms. The minimum absolute atomic E-state index is 0.0855. The quantitative estimate of drug-likeness (QED) is 0.858. The van der Waals surface area contributed by atoms with Crippen molar-refractivity contribution in [1.82, 2.24) is 0 Å². The fourth-order valence-corrected chi connectivity index (χ4v) is 2.23. The number of aliphatic hydroxyl groups excluding tert-OH is 1. The normalized spacial score (nSPS) is 18.1. The zero-order chi connectivity index (χ0) is 12.5. The van der Waals surface area contributed by atoms with Crippen LogP contribution in [0.1, 0.15) is 36.3 Å². The summed E-state index contributed by atoms with van der Waals surface area (Å²) in [4.78, 5) is 0. The Balaban J connectivity index is 2.15. The molecule has 0 heterocycles.